The van der Waals surface area contributed by atoms with E-state index in [0.717, 1.165) is 0 Å². The summed E-state index contributed by atoms with van der Waals surface area (Å²) in [6.45, 7) is 0.467. The Hall–Kier alpha value is 0.743. The molecule has 0 amide bonds. The molecular formula is C2H6O4P2Zn+2. The Morgan fingerprint density at radius 1 is 1.00 bits per heavy atom. The van der Waals surface area contributed by atoms with Gasteiger partial charge >= 0.3 is 17.4 Å². The van der Waals surface area contributed by atoms with Crippen molar-refractivity contribution in [2.75, 3.05) is 13.2 Å². The normalized spacial score (nSPS) is 9.33. The van der Waals surface area contributed by atoms with Crippen LogP contribution in [0, 0.1) is 0 Å². The van der Waals surface area contributed by atoms with Gasteiger partial charge in [-0.3, -0.25) is 0 Å². The van der Waals surface area contributed by atoms with Gasteiger partial charge in [0, 0.05) is 19.5 Å². The Labute approximate surface area is 68.6 Å². The first-order valence-electron chi connectivity index (χ1n) is 1.89. The summed E-state index contributed by atoms with van der Waals surface area (Å²) in [5.41, 5.74) is 0. The van der Waals surface area contributed by atoms with Gasteiger partial charge in [-0.15, -0.1) is 9.05 Å². The minimum absolute atomic E-state index is 0. The van der Waals surface area contributed by atoms with Gasteiger partial charge in [-0.25, -0.2) is 0 Å². The molecule has 0 heterocycles. The van der Waals surface area contributed by atoms with Crippen molar-refractivity contribution in [2.24, 2.45) is 0 Å². The molecular weight excluding hydrogens is 215 g/mol. The van der Waals surface area contributed by atoms with Gasteiger partial charge in [0.15, 0.2) is 0 Å². The van der Waals surface area contributed by atoms with Crippen LogP contribution >= 0.6 is 17.4 Å². The van der Waals surface area contributed by atoms with Crippen molar-refractivity contribution in [3.8, 4) is 0 Å². The molecule has 7 heteroatoms. The van der Waals surface area contributed by atoms with Crippen LogP contribution in [0.4, 0.5) is 0 Å². The van der Waals surface area contributed by atoms with E-state index in [9.17, 15) is 9.13 Å². The van der Waals surface area contributed by atoms with Gasteiger partial charge in [-0.2, -0.15) is 0 Å². The van der Waals surface area contributed by atoms with Crippen molar-refractivity contribution in [2.45, 2.75) is 0 Å². The van der Waals surface area contributed by atoms with Gasteiger partial charge in [0.05, 0.1) is 0 Å². The van der Waals surface area contributed by atoms with E-state index in [1.165, 1.54) is 0 Å². The van der Waals surface area contributed by atoms with Crippen molar-refractivity contribution >= 4 is 17.4 Å². The average molecular weight is 221 g/mol. The van der Waals surface area contributed by atoms with E-state index in [2.05, 4.69) is 9.05 Å². The smallest absolute Gasteiger partial charge is 0.145 e. The van der Waals surface area contributed by atoms with Crippen LogP contribution in [0.15, 0.2) is 0 Å². The third-order valence-corrected chi connectivity index (χ3v) is 1.05. The number of rotatable bonds is 5. The van der Waals surface area contributed by atoms with E-state index in [1.54, 1.807) is 0 Å². The second-order valence-corrected chi connectivity index (χ2v) is 1.77. The van der Waals surface area contributed by atoms with Gasteiger partial charge in [-0.1, -0.05) is 0 Å². The summed E-state index contributed by atoms with van der Waals surface area (Å²) in [7, 11) is -1.52. The van der Waals surface area contributed by atoms with E-state index in [-0.39, 0.29) is 32.7 Å². The average Bonchev–Trinajstić information content (AvgIpc) is 1.81. The van der Waals surface area contributed by atoms with E-state index in [0.29, 0.717) is 0 Å². The van der Waals surface area contributed by atoms with Gasteiger partial charge in [0.1, 0.15) is 13.2 Å². The van der Waals surface area contributed by atoms with Crippen LogP contribution in [0.2, 0.25) is 0 Å². The summed E-state index contributed by atoms with van der Waals surface area (Å²) in [6, 6.07) is 0. The Bertz CT molecular complexity index is 69.0. The molecule has 2 unspecified atom stereocenters. The standard InChI is InChI=1S/C2H6O4P2.Zn/c3-7-5-1-2-6-8-4;/h7-8H,1-2H2;/q+2;. The molecule has 0 aromatic carbocycles. The molecule has 0 rings (SSSR count). The van der Waals surface area contributed by atoms with Crippen molar-refractivity contribution in [1.29, 1.82) is 0 Å². The molecule has 9 heavy (non-hydrogen) atoms. The van der Waals surface area contributed by atoms with Crippen molar-refractivity contribution in [3.05, 3.63) is 0 Å². The molecule has 2 atom stereocenters. The van der Waals surface area contributed by atoms with Gasteiger partial charge in [0.2, 0.25) is 0 Å². The van der Waals surface area contributed by atoms with E-state index < -0.39 is 17.4 Å². The molecule has 0 aromatic rings. The van der Waals surface area contributed by atoms with Crippen LogP contribution in [-0.4, -0.2) is 13.2 Å². The summed E-state index contributed by atoms with van der Waals surface area (Å²) < 4.78 is 27.8. The molecule has 0 spiro atoms. The molecule has 0 fully saturated rings. The van der Waals surface area contributed by atoms with Gasteiger partial charge in [0.25, 0.3) is 0 Å². The van der Waals surface area contributed by atoms with Crippen molar-refractivity contribution in [1.82, 2.24) is 0 Å². The summed E-state index contributed by atoms with van der Waals surface area (Å²) >= 11 is 0. The third kappa shape index (κ3) is 12.1. The second-order valence-electron chi connectivity index (χ2n) is 0.864. The van der Waals surface area contributed by atoms with Gasteiger partial charge < -0.3 is 0 Å². The molecule has 0 aliphatic carbocycles. The molecule has 0 saturated heterocycles. The Morgan fingerprint density at radius 2 is 1.33 bits per heavy atom. The second kappa shape index (κ2) is 11.5. The zero-order valence-electron chi connectivity index (χ0n) is 4.75. The molecule has 0 N–H and O–H groups in total. The van der Waals surface area contributed by atoms with Crippen molar-refractivity contribution < 1.29 is 37.7 Å². The fourth-order valence-electron chi connectivity index (χ4n) is 0.167. The first-order valence-corrected chi connectivity index (χ1v) is 3.53. The predicted molar refractivity (Wildman–Crippen MR) is 29.9 cm³/mol. The summed E-state index contributed by atoms with van der Waals surface area (Å²) in [5, 5.41) is 0. The van der Waals surface area contributed by atoms with Crippen LogP contribution in [0.25, 0.3) is 0 Å². The number of hydrogen-bond acceptors (Lipinski definition) is 4. The predicted octanol–water partition coefficient (Wildman–Crippen LogP) is 0.895. The molecule has 4 nitrogen and oxygen atoms in total. The van der Waals surface area contributed by atoms with Crippen LogP contribution in [0.1, 0.15) is 0 Å². The maximum absolute atomic E-state index is 9.57. The quantitative estimate of drug-likeness (QED) is 0.393. The zero-order valence-corrected chi connectivity index (χ0v) is 9.72. The molecule has 48 valence electrons. The molecule has 0 aliphatic rings. The Kier molecular flexibility index (Phi) is 15.9. The van der Waals surface area contributed by atoms with Crippen LogP contribution in [0.5, 0.6) is 0 Å². The molecule has 0 aliphatic heterocycles. The van der Waals surface area contributed by atoms with Crippen LogP contribution in [0.3, 0.4) is 0 Å². The largest absolute Gasteiger partial charge is 0.494 e. The van der Waals surface area contributed by atoms with E-state index >= 15 is 0 Å². The fraction of sp³-hybridized carbons (Fsp3) is 1.00. The monoisotopic (exact) mass is 220 g/mol. The third-order valence-electron chi connectivity index (χ3n) is 0.405. The first kappa shape index (κ1) is 12.4. The molecule has 0 aromatic heterocycles. The summed E-state index contributed by atoms with van der Waals surface area (Å²) in [4.78, 5) is 0. The van der Waals surface area contributed by atoms with Gasteiger partial charge in [-0.05, 0) is 9.13 Å². The maximum Gasteiger partial charge on any atom is 0.494 e. The first-order chi connectivity index (χ1) is 3.91. The molecule has 0 saturated carbocycles. The summed E-state index contributed by atoms with van der Waals surface area (Å²) in [5.74, 6) is 0. The zero-order chi connectivity index (χ0) is 6.24. The van der Waals surface area contributed by atoms with Crippen LogP contribution < -0.4 is 0 Å². The number of hydrogen-bond donors (Lipinski definition) is 0. The topological polar surface area (TPSA) is 52.6 Å². The van der Waals surface area contributed by atoms with Crippen LogP contribution in [-0.2, 0) is 37.7 Å². The molecule has 0 bridgehead atoms. The SMILES string of the molecule is O=[PH+]OCCO[PH+]=O.[Zn]. The van der Waals surface area contributed by atoms with Crippen molar-refractivity contribution in [3.63, 3.8) is 0 Å². The fourth-order valence-corrected chi connectivity index (χ4v) is 0.500. The Balaban J connectivity index is 0. The summed E-state index contributed by atoms with van der Waals surface area (Å²) in [6.07, 6.45) is 0. The minimum atomic E-state index is -0.760. The van der Waals surface area contributed by atoms with E-state index in [1.807, 2.05) is 0 Å². The molecule has 0 radical (unpaired) electrons. The Morgan fingerprint density at radius 3 is 1.56 bits per heavy atom. The minimum Gasteiger partial charge on any atom is -0.145 e. The van der Waals surface area contributed by atoms with E-state index in [4.69, 9.17) is 0 Å². The maximum atomic E-state index is 9.57.